The maximum atomic E-state index is 13.4. The number of hydrogen-bond donors (Lipinski definition) is 0. The Morgan fingerprint density at radius 2 is 2.11 bits per heavy atom. The van der Waals surface area contributed by atoms with Gasteiger partial charge in [0.1, 0.15) is 11.6 Å². The maximum absolute atomic E-state index is 13.4. The summed E-state index contributed by atoms with van der Waals surface area (Å²) < 4.78 is 15.5. The summed E-state index contributed by atoms with van der Waals surface area (Å²) in [5.74, 6) is 1.19. The monoisotopic (exact) mass is 278 g/mol. The van der Waals surface area contributed by atoms with Crippen LogP contribution < -0.4 is 0 Å². The second kappa shape index (κ2) is 5.33. The van der Waals surface area contributed by atoms with E-state index in [4.69, 9.17) is 11.6 Å². The van der Waals surface area contributed by atoms with Crippen LogP contribution in [0.3, 0.4) is 0 Å². The van der Waals surface area contributed by atoms with Crippen molar-refractivity contribution in [3.8, 4) is 11.4 Å². The minimum absolute atomic E-state index is 0.283. The zero-order valence-electron chi connectivity index (χ0n) is 10.6. The summed E-state index contributed by atoms with van der Waals surface area (Å²) in [7, 11) is 0. The first kappa shape index (κ1) is 12.7. The fourth-order valence-electron chi connectivity index (χ4n) is 2.84. The van der Waals surface area contributed by atoms with E-state index in [0.29, 0.717) is 16.5 Å². The van der Waals surface area contributed by atoms with Gasteiger partial charge in [-0.2, -0.15) is 0 Å². The van der Waals surface area contributed by atoms with Gasteiger partial charge in [0.25, 0.3) is 0 Å². The van der Waals surface area contributed by atoms with Crippen LogP contribution in [0.2, 0.25) is 5.02 Å². The van der Waals surface area contributed by atoms with Crippen molar-refractivity contribution in [2.75, 3.05) is 0 Å². The topological polar surface area (TPSA) is 17.8 Å². The third-order valence-electron chi connectivity index (χ3n) is 3.81. The predicted octanol–water partition coefficient (Wildman–Crippen LogP) is 4.53. The van der Waals surface area contributed by atoms with Gasteiger partial charge in [-0.3, -0.25) is 0 Å². The zero-order chi connectivity index (χ0) is 13.2. The lowest BCUT2D eigenvalue weighted by atomic mass is 10.1. The number of hydrogen-bond acceptors (Lipinski definition) is 1. The molecule has 1 heterocycles. The molecule has 0 amide bonds. The molecule has 0 radical (unpaired) electrons. The molecule has 0 N–H and O–H groups in total. The molecule has 0 atom stereocenters. The number of halogens is 2. The van der Waals surface area contributed by atoms with Gasteiger partial charge in [0.15, 0.2) is 0 Å². The van der Waals surface area contributed by atoms with Crippen molar-refractivity contribution in [1.29, 1.82) is 0 Å². The molecular weight excluding hydrogens is 263 g/mol. The highest BCUT2D eigenvalue weighted by Gasteiger charge is 2.18. The normalized spacial score (nSPS) is 16.1. The van der Waals surface area contributed by atoms with Gasteiger partial charge < -0.3 is 4.57 Å². The molecule has 0 saturated heterocycles. The highest BCUT2D eigenvalue weighted by atomic mass is 35.5. The molecule has 1 aliphatic rings. The van der Waals surface area contributed by atoms with E-state index in [1.54, 1.807) is 12.3 Å². The van der Waals surface area contributed by atoms with E-state index in [1.807, 2.05) is 6.20 Å². The lowest BCUT2D eigenvalue weighted by molar-refractivity contribution is 0.460. The summed E-state index contributed by atoms with van der Waals surface area (Å²) in [5, 5.41) is 0.542. The average Bonchev–Trinajstić information content (AvgIpc) is 3.04. The Morgan fingerprint density at radius 1 is 1.32 bits per heavy atom. The molecule has 100 valence electrons. The summed E-state index contributed by atoms with van der Waals surface area (Å²) in [5.41, 5.74) is 0.671. The van der Waals surface area contributed by atoms with Crippen molar-refractivity contribution < 1.29 is 4.39 Å². The number of rotatable bonds is 3. The smallest absolute Gasteiger partial charge is 0.141 e. The molecule has 2 aromatic rings. The molecule has 0 spiro atoms. The fraction of sp³-hybridized carbons (Fsp3) is 0.400. The Balaban J connectivity index is 1.92. The summed E-state index contributed by atoms with van der Waals surface area (Å²) in [4.78, 5) is 4.34. The average molecular weight is 279 g/mol. The van der Waals surface area contributed by atoms with Crippen LogP contribution in [0.5, 0.6) is 0 Å². The van der Waals surface area contributed by atoms with Crippen LogP contribution in [-0.4, -0.2) is 9.55 Å². The quantitative estimate of drug-likeness (QED) is 0.806. The second-order valence-corrected chi connectivity index (χ2v) is 5.59. The van der Waals surface area contributed by atoms with Crippen LogP contribution in [0.1, 0.15) is 25.7 Å². The SMILES string of the molecule is Fc1ccc(Cl)c(-c2nccn2CC2CCCC2)c1. The Bertz CT molecular complexity index is 573. The number of nitrogens with zero attached hydrogens (tertiary/aromatic N) is 2. The van der Waals surface area contributed by atoms with Gasteiger partial charge >= 0.3 is 0 Å². The summed E-state index contributed by atoms with van der Waals surface area (Å²) >= 11 is 6.16. The molecule has 3 rings (SSSR count). The second-order valence-electron chi connectivity index (χ2n) is 5.18. The number of benzene rings is 1. The van der Waals surface area contributed by atoms with Crippen molar-refractivity contribution >= 4 is 11.6 Å². The lowest BCUT2D eigenvalue weighted by Gasteiger charge is -2.13. The van der Waals surface area contributed by atoms with E-state index >= 15 is 0 Å². The summed E-state index contributed by atoms with van der Waals surface area (Å²) in [6.45, 7) is 0.947. The van der Waals surface area contributed by atoms with Gasteiger partial charge in [0.05, 0.1) is 5.02 Å². The molecule has 0 bridgehead atoms. The summed E-state index contributed by atoms with van der Waals surface area (Å²) in [6, 6.07) is 4.41. The fourth-order valence-corrected chi connectivity index (χ4v) is 3.04. The molecule has 19 heavy (non-hydrogen) atoms. The first-order valence-corrected chi connectivity index (χ1v) is 7.08. The van der Waals surface area contributed by atoms with E-state index < -0.39 is 0 Å². The first-order chi connectivity index (χ1) is 9.24. The molecule has 4 heteroatoms. The van der Waals surface area contributed by atoms with Gasteiger partial charge in [-0.05, 0) is 37.0 Å². The van der Waals surface area contributed by atoms with Crippen molar-refractivity contribution in [3.05, 3.63) is 41.4 Å². The van der Waals surface area contributed by atoms with Crippen LogP contribution in [0.15, 0.2) is 30.6 Å². The molecule has 1 saturated carbocycles. The molecule has 1 aromatic heterocycles. The predicted molar refractivity (Wildman–Crippen MR) is 74.6 cm³/mol. The Kier molecular flexibility index (Phi) is 3.56. The Morgan fingerprint density at radius 3 is 2.89 bits per heavy atom. The zero-order valence-corrected chi connectivity index (χ0v) is 11.4. The van der Waals surface area contributed by atoms with Crippen LogP contribution in [0.4, 0.5) is 4.39 Å². The van der Waals surface area contributed by atoms with Gasteiger partial charge in [-0.1, -0.05) is 24.4 Å². The highest BCUT2D eigenvalue weighted by molar-refractivity contribution is 6.33. The van der Waals surface area contributed by atoms with E-state index in [9.17, 15) is 4.39 Å². The summed E-state index contributed by atoms with van der Waals surface area (Å²) in [6.07, 6.45) is 8.88. The third kappa shape index (κ3) is 2.66. The van der Waals surface area contributed by atoms with Crippen LogP contribution in [-0.2, 0) is 6.54 Å². The standard InChI is InChI=1S/C15H16ClFN2/c16-14-6-5-12(17)9-13(14)15-18-7-8-19(15)10-11-3-1-2-4-11/h5-9,11H,1-4,10H2. The van der Waals surface area contributed by atoms with Gasteiger partial charge in [0, 0.05) is 24.5 Å². The molecule has 0 aliphatic heterocycles. The molecular formula is C15H16ClFN2. The molecule has 2 nitrogen and oxygen atoms in total. The molecule has 0 unspecified atom stereocenters. The van der Waals surface area contributed by atoms with E-state index in [2.05, 4.69) is 9.55 Å². The van der Waals surface area contributed by atoms with Crippen molar-refractivity contribution in [3.63, 3.8) is 0 Å². The van der Waals surface area contributed by atoms with Crippen LogP contribution in [0, 0.1) is 11.7 Å². The third-order valence-corrected chi connectivity index (χ3v) is 4.14. The van der Waals surface area contributed by atoms with Crippen molar-refractivity contribution in [2.24, 2.45) is 5.92 Å². The lowest BCUT2D eigenvalue weighted by Crippen LogP contribution is -2.08. The molecule has 1 aromatic carbocycles. The minimum atomic E-state index is -0.283. The highest BCUT2D eigenvalue weighted by Crippen LogP contribution is 2.30. The Labute approximate surface area is 117 Å². The van der Waals surface area contributed by atoms with E-state index in [0.717, 1.165) is 12.4 Å². The van der Waals surface area contributed by atoms with Gasteiger partial charge in [0.2, 0.25) is 0 Å². The molecule has 1 aliphatic carbocycles. The van der Waals surface area contributed by atoms with Gasteiger partial charge in [-0.25, -0.2) is 9.37 Å². The Hall–Kier alpha value is -1.35. The number of imidazole rings is 1. The van der Waals surface area contributed by atoms with Crippen LogP contribution >= 0.6 is 11.6 Å². The van der Waals surface area contributed by atoms with E-state index in [1.165, 1.54) is 37.8 Å². The van der Waals surface area contributed by atoms with Crippen molar-refractivity contribution in [1.82, 2.24) is 9.55 Å². The number of aromatic nitrogens is 2. The maximum Gasteiger partial charge on any atom is 0.141 e. The minimum Gasteiger partial charge on any atom is -0.331 e. The van der Waals surface area contributed by atoms with Crippen molar-refractivity contribution in [2.45, 2.75) is 32.2 Å². The van der Waals surface area contributed by atoms with E-state index in [-0.39, 0.29) is 5.82 Å². The first-order valence-electron chi connectivity index (χ1n) is 6.70. The van der Waals surface area contributed by atoms with Gasteiger partial charge in [-0.15, -0.1) is 0 Å². The molecule has 1 fully saturated rings. The van der Waals surface area contributed by atoms with Crippen LogP contribution in [0.25, 0.3) is 11.4 Å². The largest absolute Gasteiger partial charge is 0.331 e.